The molecule has 1 amide bonds. The lowest BCUT2D eigenvalue weighted by Gasteiger charge is -2.27. The normalized spacial score (nSPS) is 12.6. The molecular weight excluding hydrogens is 312 g/mol. The molecule has 0 unspecified atom stereocenters. The molecule has 5 heteroatoms. The second kappa shape index (κ2) is 5.72. The molecule has 1 heterocycles. The third-order valence-corrected chi connectivity index (χ3v) is 5.11. The summed E-state index contributed by atoms with van der Waals surface area (Å²) in [6, 6.07) is 2.10. The number of carbonyl (C=O) groups is 1. The molecule has 0 aliphatic carbocycles. The van der Waals surface area contributed by atoms with E-state index in [4.69, 9.17) is 5.73 Å². The first-order valence-electron chi connectivity index (χ1n) is 5.92. The van der Waals surface area contributed by atoms with Crippen LogP contribution in [0.3, 0.4) is 0 Å². The molecule has 0 aliphatic rings. The minimum atomic E-state index is -0.508. The number of hydrogen-bond donors (Lipinski definition) is 2. The van der Waals surface area contributed by atoms with Gasteiger partial charge in [-0.1, -0.05) is 13.8 Å². The summed E-state index contributed by atoms with van der Waals surface area (Å²) in [7, 11) is 0. The Balaban J connectivity index is 2.65. The van der Waals surface area contributed by atoms with Crippen molar-refractivity contribution in [1.82, 2.24) is 5.32 Å². The monoisotopic (exact) mass is 332 g/mol. The molecule has 3 N–H and O–H groups in total. The van der Waals surface area contributed by atoms with Crippen LogP contribution in [-0.2, 0) is 10.2 Å². The molecule has 0 atom stereocenters. The molecule has 1 aromatic rings. The van der Waals surface area contributed by atoms with Crippen molar-refractivity contribution in [2.75, 3.05) is 13.1 Å². The van der Waals surface area contributed by atoms with Gasteiger partial charge in [0.1, 0.15) is 0 Å². The Kier molecular flexibility index (Phi) is 4.98. The predicted octanol–water partition coefficient (Wildman–Crippen LogP) is 2.89. The number of nitrogens with one attached hydrogen (secondary N) is 1. The highest BCUT2D eigenvalue weighted by Gasteiger charge is 2.29. The molecule has 0 fully saturated rings. The van der Waals surface area contributed by atoms with Crippen LogP contribution in [0.2, 0.25) is 0 Å². The van der Waals surface area contributed by atoms with E-state index in [1.165, 1.54) is 4.88 Å². The van der Waals surface area contributed by atoms with E-state index in [-0.39, 0.29) is 11.3 Å². The van der Waals surface area contributed by atoms with Crippen LogP contribution in [-0.4, -0.2) is 19.0 Å². The molecule has 18 heavy (non-hydrogen) atoms. The van der Waals surface area contributed by atoms with Crippen molar-refractivity contribution >= 4 is 33.2 Å². The molecule has 0 aliphatic heterocycles. The molecule has 0 saturated carbocycles. The molecule has 3 nitrogen and oxygen atoms in total. The van der Waals surface area contributed by atoms with Crippen LogP contribution < -0.4 is 11.1 Å². The molecule has 0 aromatic carbocycles. The van der Waals surface area contributed by atoms with E-state index in [0.29, 0.717) is 13.1 Å². The van der Waals surface area contributed by atoms with E-state index in [1.54, 1.807) is 11.3 Å². The van der Waals surface area contributed by atoms with Gasteiger partial charge in [-0.2, -0.15) is 0 Å². The number of carbonyl (C=O) groups excluding carboxylic acids is 1. The number of nitrogens with two attached hydrogens (primary N) is 1. The van der Waals surface area contributed by atoms with Crippen molar-refractivity contribution in [1.29, 1.82) is 0 Å². The van der Waals surface area contributed by atoms with Crippen molar-refractivity contribution < 1.29 is 4.79 Å². The third kappa shape index (κ3) is 3.80. The van der Waals surface area contributed by atoms with Gasteiger partial charge >= 0.3 is 0 Å². The Morgan fingerprint density at radius 3 is 2.50 bits per heavy atom. The fourth-order valence-corrected chi connectivity index (χ4v) is 2.94. The Bertz CT molecular complexity index is 426. The van der Waals surface area contributed by atoms with Gasteiger partial charge in [-0.3, -0.25) is 4.79 Å². The first kappa shape index (κ1) is 15.7. The van der Waals surface area contributed by atoms with Crippen LogP contribution in [0.15, 0.2) is 15.9 Å². The Labute approximate surface area is 121 Å². The van der Waals surface area contributed by atoms with E-state index < -0.39 is 5.41 Å². The van der Waals surface area contributed by atoms with Gasteiger partial charge in [-0.05, 0) is 35.8 Å². The van der Waals surface area contributed by atoms with Crippen LogP contribution in [0.4, 0.5) is 0 Å². The summed E-state index contributed by atoms with van der Waals surface area (Å²) < 4.78 is 1.09. The van der Waals surface area contributed by atoms with Crippen molar-refractivity contribution in [3.8, 4) is 0 Å². The summed E-state index contributed by atoms with van der Waals surface area (Å²) in [5, 5.41) is 5.05. The van der Waals surface area contributed by atoms with E-state index >= 15 is 0 Å². The number of amides is 1. The molecule has 0 saturated heterocycles. The average molecular weight is 333 g/mol. The maximum atomic E-state index is 12.0. The van der Waals surface area contributed by atoms with E-state index in [2.05, 4.69) is 46.5 Å². The van der Waals surface area contributed by atoms with Crippen LogP contribution >= 0.6 is 27.3 Å². The van der Waals surface area contributed by atoms with Gasteiger partial charge in [0.15, 0.2) is 0 Å². The topological polar surface area (TPSA) is 55.1 Å². The van der Waals surface area contributed by atoms with Crippen molar-refractivity contribution in [2.24, 2.45) is 11.1 Å². The molecule has 102 valence electrons. The molecule has 0 bridgehead atoms. The smallest absolute Gasteiger partial charge is 0.226 e. The van der Waals surface area contributed by atoms with Crippen LogP contribution in [0.1, 0.15) is 32.6 Å². The van der Waals surface area contributed by atoms with Gasteiger partial charge in [-0.25, -0.2) is 0 Å². The molecular formula is C13H21BrN2OS. The number of halogens is 1. The van der Waals surface area contributed by atoms with Crippen molar-refractivity contribution in [3.05, 3.63) is 20.8 Å². The molecule has 0 spiro atoms. The first-order chi connectivity index (χ1) is 8.19. The van der Waals surface area contributed by atoms with Crippen molar-refractivity contribution in [3.63, 3.8) is 0 Å². The lowest BCUT2D eigenvalue weighted by molar-refractivity contribution is -0.129. The van der Waals surface area contributed by atoms with E-state index in [1.807, 2.05) is 13.8 Å². The Hall–Kier alpha value is -0.390. The second-order valence-corrected chi connectivity index (χ2v) is 7.61. The van der Waals surface area contributed by atoms with Gasteiger partial charge in [-0.15, -0.1) is 11.3 Å². The van der Waals surface area contributed by atoms with Crippen LogP contribution in [0, 0.1) is 5.41 Å². The Morgan fingerprint density at radius 1 is 1.44 bits per heavy atom. The maximum Gasteiger partial charge on any atom is 0.226 e. The summed E-state index contributed by atoms with van der Waals surface area (Å²) in [4.78, 5) is 13.2. The summed E-state index contributed by atoms with van der Waals surface area (Å²) in [5.74, 6) is 0.00805. The summed E-state index contributed by atoms with van der Waals surface area (Å²) in [5.41, 5.74) is 5.02. The fourth-order valence-electron chi connectivity index (χ4n) is 1.39. The zero-order valence-corrected chi connectivity index (χ0v) is 13.7. The van der Waals surface area contributed by atoms with Gasteiger partial charge in [0.05, 0.1) is 5.41 Å². The number of rotatable bonds is 5. The minimum absolute atomic E-state index is 0.00805. The van der Waals surface area contributed by atoms with E-state index in [0.717, 1.165) is 4.47 Å². The van der Waals surface area contributed by atoms with Gasteiger partial charge in [0, 0.05) is 33.2 Å². The predicted molar refractivity (Wildman–Crippen MR) is 80.9 cm³/mol. The lowest BCUT2D eigenvalue weighted by Crippen LogP contribution is -2.45. The number of hydrogen-bond acceptors (Lipinski definition) is 3. The highest BCUT2D eigenvalue weighted by molar-refractivity contribution is 9.10. The average Bonchev–Trinajstić information content (AvgIpc) is 2.73. The summed E-state index contributed by atoms with van der Waals surface area (Å²) in [6.45, 7) is 8.93. The van der Waals surface area contributed by atoms with Crippen molar-refractivity contribution in [2.45, 2.75) is 33.1 Å². The van der Waals surface area contributed by atoms with E-state index in [9.17, 15) is 4.79 Å². The quantitative estimate of drug-likeness (QED) is 0.871. The summed E-state index contributed by atoms with van der Waals surface area (Å²) in [6.07, 6.45) is 0. The third-order valence-electron chi connectivity index (χ3n) is 3.05. The highest BCUT2D eigenvalue weighted by atomic mass is 79.9. The largest absolute Gasteiger partial charge is 0.355 e. The van der Waals surface area contributed by atoms with Gasteiger partial charge in [0.25, 0.3) is 0 Å². The fraction of sp³-hybridized carbons (Fsp3) is 0.615. The van der Waals surface area contributed by atoms with Gasteiger partial charge < -0.3 is 11.1 Å². The standard InChI is InChI=1S/C13H21BrN2OS/c1-12(2,7-15)11(17)16-8-13(3,4)10-5-9(14)6-18-10/h5-6H,7-8,15H2,1-4H3,(H,16,17). The van der Waals surface area contributed by atoms with Gasteiger partial charge in [0.2, 0.25) is 5.91 Å². The molecule has 1 rings (SSSR count). The lowest BCUT2D eigenvalue weighted by atomic mass is 9.89. The zero-order valence-electron chi connectivity index (χ0n) is 11.3. The highest BCUT2D eigenvalue weighted by Crippen LogP contribution is 2.31. The first-order valence-corrected chi connectivity index (χ1v) is 7.59. The molecule has 1 aromatic heterocycles. The van der Waals surface area contributed by atoms with Crippen LogP contribution in [0.25, 0.3) is 0 Å². The maximum absolute atomic E-state index is 12.0. The zero-order chi connectivity index (χ0) is 14.0. The summed E-state index contributed by atoms with van der Waals surface area (Å²) >= 11 is 5.15. The minimum Gasteiger partial charge on any atom is -0.355 e. The second-order valence-electron chi connectivity index (χ2n) is 5.78. The Morgan fingerprint density at radius 2 is 2.06 bits per heavy atom. The SMILES string of the molecule is CC(C)(CN)C(=O)NCC(C)(C)c1cc(Br)cs1. The van der Waals surface area contributed by atoms with Crippen LogP contribution in [0.5, 0.6) is 0 Å². The molecule has 0 radical (unpaired) electrons. The number of thiophene rings is 1.